The highest BCUT2D eigenvalue weighted by Crippen LogP contribution is 2.14. The SMILES string of the molecule is Cc1ccc(S(=O)(=O)N[C@H](CC(C)C)C(=O)N/N=C\c2cccc(Br)c2)cc1. The maximum absolute atomic E-state index is 12.6. The van der Waals surface area contributed by atoms with Gasteiger partial charge in [-0.15, -0.1) is 0 Å². The molecule has 2 N–H and O–H groups in total. The molecule has 0 aliphatic heterocycles. The summed E-state index contributed by atoms with van der Waals surface area (Å²) >= 11 is 3.37. The Morgan fingerprint density at radius 2 is 1.86 bits per heavy atom. The van der Waals surface area contributed by atoms with Crippen LogP contribution in [0.25, 0.3) is 0 Å². The second-order valence-electron chi connectivity index (χ2n) is 6.91. The van der Waals surface area contributed by atoms with Crippen LogP contribution in [0, 0.1) is 12.8 Å². The Labute approximate surface area is 174 Å². The smallest absolute Gasteiger partial charge is 0.258 e. The Bertz CT molecular complexity index is 941. The fourth-order valence-corrected chi connectivity index (χ4v) is 4.11. The molecule has 0 aliphatic rings. The third kappa shape index (κ3) is 6.85. The van der Waals surface area contributed by atoms with E-state index in [0.717, 1.165) is 15.6 Å². The number of rotatable bonds is 8. The normalized spacial score (nSPS) is 13.0. The maximum atomic E-state index is 12.6. The largest absolute Gasteiger partial charge is 0.271 e. The summed E-state index contributed by atoms with van der Waals surface area (Å²) in [5.41, 5.74) is 4.18. The molecule has 0 spiro atoms. The number of halogens is 1. The lowest BCUT2D eigenvalue weighted by molar-refractivity contribution is -0.123. The summed E-state index contributed by atoms with van der Waals surface area (Å²) in [6, 6.07) is 13.0. The highest BCUT2D eigenvalue weighted by molar-refractivity contribution is 9.10. The summed E-state index contributed by atoms with van der Waals surface area (Å²) in [5.74, 6) is -0.388. The van der Waals surface area contributed by atoms with Gasteiger partial charge in [-0.05, 0) is 49.1 Å². The van der Waals surface area contributed by atoms with Gasteiger partial charge in [-0.1, -0.05) is 59.6 Å². The van der Waals surface area contributed by atoms with Gasteiger partial charge in [0.1, 0.15) is 6.04 Å². The van der Waals surface area contributed by atoms with Crippen molar-refractivity contribution in [2.45, 2.75) is 38.1 Å². The topological polar surface area (TPSA) is 87.6 Å². The van der Waals surface area contributed by atoms with Crippen molar-refractivity contribution in [3.63, 3.8) is 0 Å². The third-order valence-electron chi connectivity index (χ3n) is 3.89. The number of nitrogens with zero attached hydrogens (tertiary/aromatic N) is 1. The van der Waals surface area contributed by atoms with Gasteiger partial charge in [-0.2, -0.15) is 9.82 Å². The van der Waals surface area contributed by atoms with Crippen LogP contribution in [0.2, 0.25) is 0 Å². The lowest BCUT2D eigenvalue weighted by atomic mass is 10.0. The first-order chi connectivity index (χ1) is 13.2. The standard InChI is InChI=1S/C20H24BrN3O3S/c1-14(2)11-19(24-28(26,27)18-9-7-15(3)8-10-18)20(25)23-22-13-16-5-4-6-17(21)12-16/h4-10,12-14,19,24H,11H2,1-3H3,(H,23,25)/b22-13-/t19-/m1/s1. The quantitative estimate of drug-likeness (QED) is 0.461. The van der Waals surface area contributed by atoms with Crippen molar-refractivity contribution in [2.75, 3.05) is 0 Å². The van der Waals surface area contributed by atoms with Crippen molar-refractivity contribution < 1.29 is 13.2 Å². The second-order valence-corrected chi connectivity index (χ2v) is 9.54. The number of aryl methyl sites for hydroxylation is 1. The lowest BCUT2D eigenvalue weighted by Gasteiger charge is -2.19. The van der Waals surface area contributed by atoms with Crippen molar-refractivity contribution >= 4 is 38.1 Å². The minimum absolute atomic E-state index is 0.116. The van der Waals surface area contributed by atoms with E-state index in [2.05, 4.69) is 31.2 Å². The summed E-state index contributed by atoms with van der Waals surface area (Å²) < 4.78 is 28.7. The molecule has 0 saturated heterocycles. The number of carbonyl (C=O) groups excluding carboxylic acids is 1. The zero-order valence-electron chi connectivity index (χ0n) is 16.0. The lowest BCUT2D eigenvalue weighted by Crippen LogP contribution is -2.46. The van der Waals surface area contributed by atoms with Gasteiger partial charge < -0.3 is 0 Å². The predicted molar refractivity (Wildman–Crippen MR) is 115 cm³/mol. The van der Waals surface area contributed by atoms with Crippen LogP contribution in [-0.4, -0.2) is 26.6 Å². The molecule has 0 unspecified atom stereocenters. The molecular formula is C20H24BrN3O3S. The molecule has 0 bridgehead atoms. The first kappa shape index (κ1) is 22.3. The first-order valence-corrected chi connectivity index (χ1v) is 11.1. The summed E-state index contributed by atoms with van der Waals surface area (Å²) in [5, 5.41) is 3.94. The monoisotopic (exact) mass is 465 g/mol. The van der Waals surface area contributed by atoms with Crippen LogP contribution in [0.5, 0.6) is 0 Å². The zero-order valence-corrected chi connectivity index (χ0v) is 18.4. The van der Waals surface area contributed by atoms with E-state index >= 15 is 0 Å². The highest BCUT2D eigenvalue weighted by Gasteiger charge is 2.26. The van der Waals surface area contributed by atoms with Crippen LogP contribution in [0.1, 0.15) is 31.4 Å². The molecule has 28 heavy (non-hydrogen) atoms. The molecular weight excluding hydrogens is 442 g/mol. The fraction of sp³-hybridized carbons (Fsp3) is 0.300. The average molecular weight is 466 g/mol. The van der Waals surface area contributed by atoms with Crippen LogP contribution in [0.3, 0.4) is 0 Å². The van der Waals surface area contributed by atoms with Crippen LogP contribution >= 0.6 is 15.9 Å². The maximum Gasteiger partial charge on any atom is 0.258 e. The molecule has 2 aromatic carbocycles. The van der Waals surface area contributed by atoms with Crippen LogP contribution in [0.15, 0.2) is 63.0 Å². The predicted octanol–water partition coefficient (Wildman–Crippen LogP) is 3.60. The Balaban J connectivity index is 2.11. The van der Waals surface area contributed by atoms with Gasteiger partial charge in [0.15, 0.2) is 0 Å². The Morgan fingerprint density at radius 3 is 2.46 bits per heavy atom. The fourth-order valence-electron chi connectivity index (χ4n) is 2.49. The van der Waals surface area contributed by atoms with E-state index in [1.54, 1.807) is 12.1 Å². The number of hydrogen-bond donors (Lipinski definition) is 2. The summed E-state index contributed by atoms with van der Waals surface area (Å²) in [7, 11) is -3.82. The Kier molecular flexibility index (Phi) is 7.91. The van der Waals surface area contributed by atoms with E-state index in [-0.39, 0.29) is 10.8 Å². The van der Waals surface area contributed by atoms with Gasteiger partial charge in [0.05, 0.1) is 11.1 Å². The molecule has 2 aromatic rings. The van der Waals surface area contributed by atoms with Crippen molar-refractivity contribution in [3.05, 3.63) is 64.1 Å². The van der Waals surface area contributed by atoms with Gasteiger partial charge in [0.25, 0.3) is 5.91 Å². The molecule has 1 atom stereocenters. The van der Waals surface area contributed by atoms with Gasteiger partial charge in [-0.25, -0.2) is 13.8 Å². The Hall–Kier alpha value is -2.03. The van der Waals surface area contributed by atoms with Gasteiger partial charge in [-0.3, -0.25) is 4.79 Å². The molecule has 2 rings (SSSR count). The van der Waals surface area contributed by atoms with Gasteiger partial charge >= 0.3 is 0 Å². The number of hydrazone groups is 1. The van der Waals surface area contributed by atoms with Crippen LogP contribution < -0.4 is 10.1 Å². The average Bonchev–Trinajstić information content (AvgIpc) is 2.61. The van der Waals surface area contributed by atoms with Crippen LogP contribution in [0.4, 0.5) is 0 Å². The van der Waals surface area contributed by atoms with Crippen LogP contribution in [-0.2, 0) is 14.8 Å². The number of benzene rings is 2. The van der Waals surface area contributed by atoms with Crippen molar-refractivity contribution in [2.24, 2.45) is 11.0 Å². The number of nitrogens with one attached hydrogen (secondary N) is 2. The molecule has 0 heterocycles. The van der Waals surface area contributed by atoms with Crippen molar-refractivity contribution in [3.8, 4) is 0 Å². The first-order valence-electron chi connectivity index (χ1n) is 8.85. The molecule has 0 saturated carbocycles. The van der Waals surface area contributed by atoms with Crippen molar-refractivity contribution in [1.82, 2.24) is 10.1 Å². The number of hydrogen-bond acceptors (Lipinski definition) is 4. The molecule has 6 nitrogen and oxygen atoms in total. The number of sulfonamides is 1. The van der Waals surface area contributed by atoms with E-state index in [1.165, 1.54) is 18.3 Å². The molecule has 0 radical (unpaired) electrons. The van der Waals surface area contributed by atoms with Gasteiger partial charge in [0.2, 0.25) is 10.0 Å². The van der Waals surface area contributed by atoms with E-state index in [0.29, 0.717) is 6.42 Å². The molecule has 150 valence electrons. The van der Waals surface area contributed by atoms with Crippen molar-refractivity contribution in [1.29, 1.82) is 0 Å². The summed E-state index contributed by atoms with van der Waals surface area (Å²) in [4.78, 5) is 12.7. The Morgan fingerprint density at radius 1 is 1.18 bits per heavy atom. The minimum atomic E-state index is -3.82. The van der Waals surface area contributed by atoms with E-state index in [4.69, 9.17) is 0 Å². The summed E-state index contributed by atoms with van der Waals surface area (Å²) in [6.07, 6.45) is 1.85. The summed E-state index contributed by atoms with van der Waals surface area (Å²) in [6.45, 7) is 5.72. The number of carbonyl (C=O) groups is 1. The van der Waals surface area contributed by atoms with E-state index in [1.807, 2.05) is 45.0 Å². The molecule has 0 fully saturated rings. The van der Waals surface area contributed by atoms with Gasteiger partial charge in [0, 0.05) is 4.47 Å². The number of amides is 1. The minimum Gasteiger partial charge on any atom is -0.271 e. The second kappa shape index (κ2) is 9.95. The zero-order chi connectivity index (χ0) is 20.7. The highest BCUT2D eigenvalue weighted by atomic mass is 79.9. The third-order valence-corrected chi connectivity index (χ3v) is 5.87. The van der Waals surface area contributed by atoms with E-state index < -0.39 is 22.0 Å². The molecule has 8 heteroatoms. The van der Waals surface area contributed by atoms with E-state index in [9.17, 15) is 13.2 Å². The molecule has 0 aliphatic carbocycles. The molecule has 1 amide bonds. The molecule has 0 aromatic heterocycles.